The summed E-state index contributed by atoms with van der Waals surface area (Å²) in [6, 6.07) is 16.3. The number of aryl methyl sites for hydroxylation is 1. The molecule has 0 atom stereocenters. The maximum atomic E-state index is 12.4. The zero-order valence-corrected chi connectivity index (χ0v) is 13.8. The molecule has 0 aliphatic carbocycles. The molecule has 2 aromatic carbocycles. The first-order valence-corrected chi connectivity index (χ1v) is 8.53. The van der Waals surface area contributed by atoms with Crippen LogP contribution in [0.5, 0.6) is 5.75 Å². The minimum Gasteiger partial charge on any atom is -0.377 e. The first-order valence-electron chi connectivity index (χ1n) is 6.75. The van der Waals surface area contributed by atoms with Crippen molar-refractivity contribution in [1.29, 1.82) is 0 Å². The van der Waals surface area contributed by atoms with Crippen LogP contribution in [0.15, 0.2) is 66.0 Å². The number of halogens is 1. The summed E-state index contributed by atoms with van der Waals surface area (Å²) in [7, 11) is -2.51. The molecule has 5 nitrogen and oxygen atoms in total. The number of nitrogens with zero attached hydrogens (tertiary/aromatic N) is 2. The van der Waals surface area contributed by atoms with E-state index in [1.807, 2.05) is 36.4 Å². The highest BCUT2D eigenvalue weighted by Gasteiger charge is 2.25. The van der Waals surface area contributed by atoms with E-state index in [1.54, 1.807) is 25.2 Å². The Morgan fingerprint density at radius 1 is 1.04 bits per heavy atom. The smallest absolute Gasteiger partial charge is 0.360 e. The van der Waals surface area contributed by atoms with E-state index in [-0.39, 0.29) is 15.9 Å². The summed E-state index contributed by atoms with van der Waals surface area (Å²) in [5.41, 5.74) is 1.52. The van der Waals surface area contributed by atoms with Crippen molar-refractivity contribution in [2.24, 2.45) is 7.05 Å². The van der Waals surface area contributed by atoms with Gasteiger partial charge in [0.1, 0.15) is 0 Å². The van der Waals surface area contributed by atoms with Gasteiger partial charge in [0, 0.05) is 12.6 Å². The van der Waals surface area contributed by atoms with Crippen molar-refractivity contribution in [3.8, 4) is 16.9 Å². The Morgan fingerprint density at radius 3 is 2.35 bits per heavy atom. The molecule has 0 aliphatic rings. The van der Waals surface area contributed by atoms with Crippen LogP contribution < -0.4 is 4.18 Å². The Kier molecular flexibility index (Phi) is 4.11. The normalized spacial score (nSPS) is 11.4. The second-order valence-corrected chi connectivity index (χ2v) is 6.67. The molecule has 0 fully saturated rings. The quantitative estimate of drug-likeness (QED) is 0.677. The predicted octanol–water partition coefficient (Wildman–Crippen LogP) is 3.51. The molecule has 1 aromatic heterocycles. The van der Waals surface area contributed by atoms with Crippen LogP contribution in [0.25, 0.3) is 11.1 Å². The lowest BCUT2D eigenvalue weighted by molar-refractivity contribution is 0.483. The van der Waals surface area contributed by atoms with Crippen LogP contribution in [-0.4, -0.2) is 18.0 Å². The fraction of sp³-hybridized carbons (Fsp3) is 0.0625. The average molecular weight is 349 g/mol. The highest BCUT2D eigenvalue weighted by Crippen LogP contribution is 2.32. The van der Waals surface area contributed by atoms with E-state index in [9.17, 15) is 8.42 Å². The second kappa shape index (κ2) is 6.06. The molecule has 3 aromatic rings. The Hall–Kier alpha value is -2.31. The van der Waals surface area contributed by atoms with Gasteiger partial charge in [-0.15, -0.1) is 0 Å². The molecule has 0 aliphatic heterocycles. The number of aromatic nitrogens is 2. The molecule has 1 heterocycles. The van der Waals surface area contributed by atoms with Crippen LogP contribution in [0.3, 0.4) is 0 Å². The van der Waals surface area contributed by atoms with Gasteiger partial charge in [-0.3, -0.25) is 0 Å². The molecule has 118 valence electrons. The molecule has 0 N–H and O–H groups in total. The lowest BCUT2D eigenvalue weighted by Crippen LogP contribution is -2.11. The maximum absolute atomic E-state index is 12.4. The SMILES string of the molecule is Cn1cnc(S(=O)(=O)Oc2ccccc2-c2ccccc2)c1Cl. The van der Waals surface area contributed by atoms with Crippen molar-refractivity contribution in [1.82, 2.24) is 9.55 Å². The number of hydrogen-bond acceptors (Lipinski definition) is 4. The molecule has 0 radical (unpaired) electrons. The van der Waals surface area contributed by atoms with Crippen LogP contribution in [0.4, 0.5) is 0 Å². The van der Waals surface area contributed by atoms with Gasteiger partial charge in [0.2, 0.25) is 5.03 Å². The fourth-order valence-corrected chi connectivity index (χ4v) is 3.48. The zero-order chi connectivity index (χ0) is 16.4. The zero-order valence-electron chi connectivity index (χ0n) is 12.2. The van der Waals surface area contributed by atoms with Crippen molar-refractivity contribution in [2.45, 2.75) is 5.03 Å². The van der Waals surface area contributed by atoms with Crippen LogP contribution >= 0.6 is 11.6 Å². The third kappa shape index (κ3) is 3.09. The van der Waals surface area contributed by atoms with Gasteiger partial charge in [-0.25, -0.2) is 4.98 Å². The molecule has 7 heteroatoms. The monoisotopic (exact) mass is 348 g/mol. The van der Waals surface area contributed by atoms with Gasteiger partial charge >= 0.3 is 10.1 Å². The van der Waals surface area contributed by atoms with Crippen LogP contribution in [0.1, 0.15) is 0 Å². The molecule has 0 spiro atoms. The van der Waals surface area contributed by atoms with E-state index < -0.39 is 10.1 Å². The number of hydrogen-bond donors (Lipinski definition) is 0. The topological polar surface area (TPSA) is 61.2 Å². The van der Waals surface area contributed by atoms with Crippen molar-refractivity contribution in [3.63, 3.8) is 0 Å². The molecule has 0 saturated carbocycles. The van der Waals surface area contributed by atoms with Crippen molar-refractivity contribution in [2.75, 3.05) is 0 Å². The van der Waals surface area contributed by atoms with Crippen molar-refractivity contribution in [3.05, 3.63) is 66.1 Å². The van der Waals surface area contributed by atoms with E-state index in [2.05, 4.69) is 4.98 Å². The summed E-state index contributed by atoms with van der Waals surface area (Å²) in [5, 5.41) is -0.299. The van der Waals surface area contributed by atoms with Crippen LogP contribution in [0.2, 0.25) is 5.15 Å². The largest absolute Gasteiger partial charge is 0.377 e. The number of imidazole rings is 1. The van der Waals surface area contributed by atoms with Gasteiger partial charge in [0.05, 0.1) is 6.33 Å². The fourth-order valence-electron chi connectivity index (χ4n) is 2.11. The summed E-state index contributed by atoms with van der Waals surface area (Å²) < 4.78 is 31.6. The van der Waals surface area contributed by atoms with E-state index >= 15 is 0 Å². The Labute approximate surface area is 139 Å². The Balaban J connectivity index is 2.03. The molecule has 0 bridgehead atoms. The maximum Gasteiger partial charge on any atom is 0.360 e. The summed E-state index contributed by atoms with van der Waals surface area (Å²) in [6.07, 6.45) is 1.32. The van der Waals surface area contributed by atoms with Crippen molar-refractivity contribution >= 4 is 21.7 Å². The summed E-state index contributed by atoms with van der Waals surface area (Å²) >= 11 is 5.96. The third-order valence-corrected chi connectivity index (χ3v) is 4.97. The van der Waals surface area contributed by atoms with E-state index in [0.717, 1.165) is 5.56 Å². The van der Waals surface area contributed by atoms with Crippen molar-refractivity contribution < 1.29 is 12.6 Å². The third-order valence-electron chi connectivity index (χ3n) is 3.24. The van der Waals surface area contributed by atoms with Crippen LogP contribution in [0, 0.1) is 0 Å². The van der Waals surface area contributed by atoms with Gasteiger partial charge in [-0.2, -0.15) is 8.42 Å². The molecule has 3 rings (SSSR count). The van der Waals surface area contributed by atoms with Gasteiger partial charge < -0.3 is 8.75 Å². The van der Waals surface area contributed by atoms with Gasteiger partial charge in [0.15, 0.2) is 10.9 Å². The highest BCUT2D eigenvalue weighted by atomic mass is 35.5. The van der Waals surface area contributed by atoms with Crippen LogP contribution in [-0.2, 0) is 17.2 Å². The molecule has 23 heavy (non-hydrogen) atoms. The molecule has 0 unspecified atom stereocenters. The minimum atomic E-state index is -4.12. The van der Waals surface area contributed by atoms with E-state index in [1.165, 1.54) is 10.9 Å². The molecule has 0 amide bonds. The minimum absolute atomic E-state index is 0.00203. The van der Waals surface area contributed by atoms with Gasteiger partial charge in [-0.1, -0.05) is 60.1 Å². The summed E-state index contributed by atoms with van der Waals surface area (Å²) in [6.45, 7) is 0. The second-order valence-electron chi connectivity index (χ2n) is 4.85. The predicted molar refractivity (Wildman–Crippen MR) is 87.9 cm³/mol. The van der Waals surface area contributed by atoms with Gasteiger partial charge in [-0.05, 0) is 11.6 Å². The number of para-hydroxylation sites is 1. The lowest BCUT2D eigenvalue weighted by atomic mass is 10.1. The first-order chi connectivity index (χ1) is 11.0. The van der Waals surface area contributed by atoms with Gasteiger partial charge in [0.25, 0.3) is 0 Å². The Morgan fingerprint density at radius 2 is 1.70 bits per heavy atom. The lowest BCUT2D eigenvalue weighted by Gasteiger charge is -2.10. The Bertz CT molecular complexity index is 937. The highest BCUT2D eigenvalue weighted by molar-refractivity contribution is 7.87. The average Bonchev–Trinajstić information content (AvgIpc) is 2.89. The first kappa shape index (κ1) is 15.6. The molecular formula is C16H13ClN2O3S. The summed E-state index contributed by atoms with van der Waals surface area (Å²) in [4.78, 5) is 3.80. The standard InChI is InChI=1S/C16H13ClN2O3S/c1-19-11-18-16(15(19)17)23(20,21)22-14-10-6-5-9-13(14)12-7-3-2-4-8-12/h2-11H,1H3. The van der Waals surface area contributed by atoms with E-state index in [0.29, 0.717) is 5.56 Å². The molecule has 0 saturated heterocycles. The molecular weight excluding hydrogens is 336 g/mol. The summed E-state index contributed by atoms with van der Waals surface area (Å²) in [5.74, 6) is 0.223. The van der Waals surface area contributed by atoms with E-state index in [4.69, 9.17) is 15.8 Å². The number of rotatable bonds is 4. The number of benzene rings is 2.